The van der Waals surface area contributed by atoms with Crippen molar-refractivity contribution in [2.75, 3.05) is 0 Å². The highest BCUT2D eigenvalue weighted by Crippen LogP contribution is 2.30. The molecule has 0 aliphatic rings. The Morgan fingerprint density at radius 3 is 0.921 bits per heavy atom. The van der Waals surface area contributed by atoms with Gasteiger partial charge in [-0.3, -0.25) is 0 Å². The summed E-state index contributed by atoms with van der Waals surface area (Å²) in [4.78, 5) is 0. The summed E-state index contributed by atoms with van der Waals surface area (Å²) in [6, 6.07) is 43.8. The monoisotopic (exact) mass is 952 g/mol. The summed E-state index contributed by atoms with van der Waals surface area (Å²) in [5, 5.41) is 0. The molecule has 0 atom stereocenters. The van der Waals surface area contributed by atoms with Crippen LogP contribution in [-0.2, 0) is 39.6 Å². The van der Waals surface area contributed by atoms with Crippen LogP contribution >= 0.6 is 22.6 Å². The molecule has 7 aromatic carbocycles. The van der Waals surface area contributed by atoms with Gasteiger partial charge in [0, 0.05) is 20.3 Å². The van der Waals surface area contributed by atoms with Gasteiger partial charge < -0.3 is 28.4 Å². The summed E-state index contributed by atoms with van der Waals surface area (Å²) < 4.78 is 39.6. The molecule has 0 heterocycles. The van der Waals surface area contributed by atoms with Crippen molar-refractivity contribution >= 4 is 22.6 Å². The number of hydrogen-bond acceptors (Lipinski definition) is 6. The zero-order chi connectivity index (χ0) is 44.5. The summed E-state index contributed by atoms with van der Waals surface area (Å²) in [5.41, 5.74) is 15.3. The molecule has 0 saturated carbocycles. The molecule has 324 valence electrons. The summed E-state index contributed by atoms with van der Waals surface area (Å²) in [7, 11) is 0. The van der Waals surface area contributed by atoms with Crippen molar-refractivity contribution < 1.29 is 28.4 Å². The third kappa shape index (κ3) is 12.4. The Morgan fingerprint density at radius 2 is 0.556 bits per heavy atom. The van der Waals surface area contributed by atoms with E-state index in [1.165, 1.54) is 22.3 Å². The van der Waals surface area contributed by atoms with Crippen LogP contribution in [-0.4, -0.2) is 0 Å². The van der Waals surface area contributed by atoms with Gasteiger partial charge in [0.2, 0.25) is 0 Å². The zero-order valence-corrected chi connectivity index (χ0v) is 39.9. The van der Waals surface area contributed by atoms with Gasteiger partial charge in [-0.05, 0) is 178 Å². The van der Waals surface area contributed by atoms with Gasteiger partial charge >= 0.3 is 0 Å². The molecule has 0 spiro atoms. The van der Waals surface area contributed by atoms with Crippen LogP contribution in [0, 0.1) is 59.0 Å². The number of halogens is 1. The maximum Gasteiger partial charge on any atom is 0.126 e. The number of benzene rings is 7. The lowest BCUT2D eigenvalue weighted by Gasteiger charge is -2.17. The topological polar surface area (TPSA) is 55.4 Å². The lowest BCUT2D eigenvalue weighted by Crippen LogP contribution is -2.07. The third-order valence-corrected chi connectivity index (χ3v) is 12.1. The van der Waals surface area contributed by atoms with E-state index in [-0.39, 0.29) is 0 Å². The maximum atomic E-state index is 6.61. The third-order valence-electron chi connectivity index (χ3n) is 11.0. The van der Waals surface area contributed by atoms with Crippen LogP contribution in [0.2, 0.25) is 0 Å². The predicted molar refractivity (Wildman–Crippen MR) is 262 cm³/mol. The largest absolute Gasteiger partial charge is 0.489 e. The van der Waals surface area contributed by atoms with Crippen molar-refractivity contribution in [1.82, 2.24) is 0 Å². The fourth-order valence-corrected chi connectivity index (χ4v) is 8.07. The van der Waals surface area contributed by atoms with Gasteiger partial charge in [0.1, 0.15) is 74.1 Å². The fourth-order valence-electron chi connectivity index (χ4n) is 7.58. The van der Waals surface area contributed by atoms with Crippen molar-refractivity contribution in [3.8, 4) is 34.5 Å². The van der Waals surface area contributed by atoms with Crippen LogP contribution in [0.25, 0.3) is 0 Å². The van der Waals surface area contributed by atoms with E-state index in [1.54, 1.807) is 0 Å². The summed E-state index contributed by atoms with van der Waals surface area (Å²) >= 11 is 2.38. The summed E-state index contributed by atoms with van der Waals surface area (Å²) in [6.45, 7) is 19.0. The molecule has 63 heavy (non-hydrogen) atoms. The number of rotatable bonds is 18. The van der Waals surface area contributed by atoms with E-state index in [4.69, 9.17) is 28.4 Å². The van der Waals surface area contributed by atoms with Crippen LogP contribution in [0.3, 0.4) is 0 Å². The first-order valence-corrected chi connectivity index (χ1v) is 22.5. The minimum Gasteiger partial charge on any atom is -0.489 e. The van der Waals surface area contributed by atoms with Crippen LogP contribution in [0.4, 0.5) is 0 Å². The van der Waals surface area contributed by atoms with Crippen LogP contribution in [0.1, 0.15) is 77.9 Å². The van der Waals surface area contributed by atoms with Crippen molar-refractivity contribution in [3.05, 3.63) is 209 Å². The first-order valence-electron chi connectivity index (χ1n) is 21.4. The molecular weight excluding hydrogens is 896 g/mol. The lowest BCUT2D eigenvalue weighted by atomic mass is 10.1. The summed E-state index contributed by atoms with van der Waals surface area (Å²) in [6.07, 6.45) is 0. The molecule has 0 bridgehead atoms. The van der Waals surface area contributed by atoms with Crippen molar-refractivity contribution in [1.29, 1.82) is 0 Å². The predicted octanol–water partition coefficient (Wildman–Crippen LogP) is 14.2. The minimum absolute atomic E-state index is 0.355. The normalized spacial score (nSPS) is 11.0. The molecule has 0 unspecified atom stereocenters. The van der Waals surface area contributed by atoms with Gasteiger partial charge in [-0.1, -0.05) is 89.0 Å². The molecule has 0 saturated heterocycles. The van der Waals surface area contributed by atoms with Gasteiger partial charge in [-0.15, -0.1) is 0 Å². The quantitative estimate of drug-likeness (QED) is 0.0799. The lowest BCUT2D eigenvalue weighted by molar-refractivity contribution is 0.268. The van der Waals surface area contributed by atoms with Gasteiger partial charge in [0.15, 0.2) is 0 Å². The molecule has 0 aliphatic carbocycles. The van der Waals surface area contributed by atoms with E-state index in [9.17, 15) is 0 Å². The number of aryl methyl sites for hydroxylation is 8. The smallest absolute Gasteiger partial charge is 0.126 e. The fraction of sp³-hybridized carbons (Fsp3) is 0.250. The summed E-state index contributed by atoms with van der Waals surface area (Å²) in [5.74, 6) is 5.00. The minimum atomic E-state index is 0.355. The Kier molecular flexibility index (Phi) is 15.0. The molecule has 0 aliphatic heterocycles. The maximum absolute atomic E-state index is 6.61. The Hall–Kier alpha value is -5.93. The van der Waals surface area contributed by atoms with Crippen LogP contribution in [0.5, 0.6) is 34.5 Å². The van der Waals surface area contributed by atoms with Gasteiger partial charge in [0.25, 0.3) is 0 Å². The zero-order valence-electron chi connectivity index (χ0n) is 37.7. The first-order chi connectivity index (χ1) is 30.4. The van der Waals surface area contributed by atoms with E-state index < -0.39 is 0 Å². The van der Waals surface area contributed by atoms with Crippen LogP contribution in [0.15, 0.2) is 127 Å². The van der Waals surface area contributed by atoms with Gasteiger partial charge in [0.05, 0.1) is 0 Å². The first kappa shape index (κ1) is 45.1. The van der Waals surface area contributed by atoms with E-state index in [2.05, 4.69) is 169 Å². The number of ether oxygens (including phenoxy) is 6. The second-order valence-electron chi connectivity index (χ2n) is 16.6. The molecule has 0 aromatic heterocycles. The second kappa shape index (κ2) is 21.0. The van der Waals surface area contributed by atoms with E-state index in [0.717, 1.165) is 93.7 Å². The standard InChI is InChI=1S/C56H57IO6/c1-36-9-17-51(40(5)23-36)58-30-45-14-21-55(48(28-45)34-61-53-19-11-38(3)25-42(53)7)60-32-44-13-16-50(57)47(27-44)33-63-56-22-15-46(31-59-52-18-10-37(2)24-41(52)6)29-49(56)35-62-54-20-12-39(4)26-43(54)8/h9-29H,30-35H2,1-8H3. The molecule has 7 aromatic rings. The van der Waals surface area contributed by atoms with Crippen molar-refractivity contribution in [2.24, 2.45) is 0 Å². The highest BCUT2D eigenvalue weighted by atomic mass is 127. The highest BCUT2D eigenvalue weighted by Gasteiger charge is 2.14. The Morgan fingerprint density at radius 1 is 0.286 bits per heavy atom. The van der Waals surface area contributed by atoms with E-state index in [1.807, 2.05) is 36.4 Å². The molecular formula is C56H57IO6. The molecule has 6 nitrogen and oxygen atoms in total. The molecule has 0 amide bonds. The van der Waals surface area contributed by atoms with E-state index >= 15 is 0 Å². The highest BCUT2D eigenvalue weighted by molar-refractivity contribution is 14.1. The number of hydrogen-bond donors (Lipinski definition) is 0. The molecule has 7 heteroatoms. The molecule has 0 N–H and O–H groups in total. The Labute approximate surface area is 387 Å². The Balaban J connectivity index is 1.06. The van der Waals surface area contributed by atoms with Crippen molar-refractivity contribution in [3.63, 3.8) is 0 Å². The van der Waals surface area contributed by atoms with Crippen LogP contribution < -0.4 is 28.4 Å². The SMILES string of the molecule is Cc1ccc(OCc2ccc(OCc3ccc(I)c(COc4ccc(COc5ccc(C)cc5C)cc4COc4ccc(C)cc4C)c3)c(COc3ccc(C)cc3C)c2)c(C)c1. The van der Waals surface area contributed by atoms with Crippen molar-refractivity contribution in [2.45, 2.75) is 95.0 Å². The molecule has 0 fully saturated rings. The molecule has 7 rings (SSSR count). The van der Waals surface area contributed by atoms with E-state index in [0.29, 0.717) is 39.6 Å². The average Bonchev–Trinajstić information content (AvgIpc) is 3.25. The Bertz CT molecular complexity index is 2700. The second-order valence-corrected chi connectivity index (χ2v) is 17.8. The van der Waals surface area contributed by atoms with Gasteiger partial charge in [-0.25, -0.2) is 0 Å². The molecule has 0 radical (unpaired) electrons. The average molecular weight is 953 g/mol. The van der Waals surface area contributed by atoms with Gasteiger partial charge in [-0.2, -0.15) is 0 Å².